The third-order valence-electron chi connectivity index (χ3n) is 2.34. The molecule has 0 spiro atoms. The van der Waals surface area contributed by atoms with Crippen LogP contribution in [-0.2, 0) is 4.79 Å². The highest BCUT2D eigenvalue weighted by atomic mass is 16.2. The smallest absolute Gasteiger partial charge is 0.227 e. The molecule has 15 heavy (non-hydrogen) atoms. The fourth-order valence-corrected chi connectivity index (χ4v) is 1.46. The lowest BCUT2D eigenvalue weighted by Gasteiger charge is -2.28. The maximum atomic E-state index is 12.0. The van der Waals surface area contributed by atoms with Crippen LogP contribution in [0.3, 0.4) is 0 Å². The van der Waals surface area contributed by atoms with E-state index in [4.69, 9.17) is 0 Å². The Labute approximate surface area is 94.4 Å². The Morgan fingerprint density at radius 3 is 2.00 bits per heavy atom. The van der Waals surface area contributed by atoms with Gasteiger partial charge in [0.25, 0.3) is 0 Å². The highest BCUT2D eigenvalue weighted by Crippen LogP contribution is 2.17. The largest absolute Gasteiger partial charge is 0.342 e. The minimum absolute atomic E-state index is 0.253. The van der Waals surface area contributed by atoms with Crippen molar-refractivity contribution in [3.8, 4) is 0 Å². The zero-order valence-electron chi connectivity index (χ0n) is 11.1. The molecule has 1 amide bonds. The monoisotopic (exact) mass is 214 g/mol. The molecule has 0 radical (unpaired) electrons. The Hall–Kier alpha value is -0.570. The minimum Gasteiger partial charge on any atom is -0.342 e. The van der Waals surface area contributed by atoms with Gasteiger partial charge in [-0.1, -0.05) is 20.8 Å². The molecule has 0 aliphatic carbocycles. The molecule has 0 aromatic heterocycles. The Balaban J connectivity index is 4.09. The van der Waals surface area contributed by atoms with Crippen molar-refractivity contribution in [2.45, 2.75) is 34.1 Å². The first-order valence-electron chi connectivity index (χ1n) is 5.73. The Bertz CT molecular complexity index is 194. The van der Waals surface area contributed by atoms with Crippen LogP contribution in [0.2, 0.25) is 0 Å². The summed E-state index contributed by atoms with van der Waals surface area (Å²) in [4.78, 5) is 16.1. The molecular weight excluding hydrogens is 188 g/mol. The van der Waals surface area contributed by atoms with Crippen molar-refractivity contribution >= 4 is 5.91 Å². The number of nitrogens with zero attached hydrogens (tertiary/aromatic N) is 2. The van der Waals surface area contributed by atoms with Crippen LogP contribution in [0.1, 0.15) is 34.1 Å². The third kappa shape index (κ3) is 5.78. The average Bonchev–Trinajstić information content (AvgIpc) is 2.09. The summed E-state index contributed by atoms with van der Waals surface area (Å²) in [6.07, 6.45) is 1.04. The van der Waals surface area contributed by atoms with Crippen molar-refractivity contribution in [2.24, 2.45) is 5.41 Å². The molecule has 0 aromatic carbocycles. The molecule has 0 saturated carbocycles. The molecule has 0 aliphatic heterocycles. The first-order valence-corrected chi connectivity index (χ1v) is 5.73. The number of rotatable bonds is 5. The molecule has 0 N–H and O–H groups in total. The highest BCUT2D eigenvalue weighted by Gasteiger charge is 2.25. The van der Waals surface area contributed by atoms with Crippen molar-refractivity contribution in [1.29, 1.82) is 0 Å². The van der Waals surface area contributed by atoms with Crippen LogP contribution < -0.4 is 0 Å². The van der Waals surface area contributed by atoms with E-state index in [1.165, 1.54) is 0 Å². The summed E-state index contributed by atoms with van der Waals surface area (Å²) in [5.74, 6) is 0.253. The maximum absolute atomic E-state index is 12.0. The number of amides is 1. The van der Waals surface area contributed by atoms with Gasteiger partial charge in [-0.25, -0.2) is 0 Å². The first kappa shape index (κ1) is 14.4. The normalized spacial score (nSPS) is 11.9. The molecule has 0 fully saturated rings. The van der Waals surface area contributed by atoms with Gasteiger partial charge in [0.15, 0.2) is 0 Å². The van der Waals surface area contributed by atoms with E-state index < -0.39 is 0 Å². The van der Waals surface area contributed by atoms with Gasteiger partial charge in [0.2, 0.25) is 5.91 Å². The maximum Gasteiger partial charge on any atom is 0.227 e. The molecule has 0 rings (SSSR count). The van der Waals surface area contributed by atoms with Gasteiger partial charge < -0.3 is 9.80 Å². The van der Waals surface area contributed by atoms with Crippen LogP contribution in [0, 0.1) is 5.41 Å². The number of carbonyl (C=O) groups excluding carboxylic acids is 1. The van der Waals surface area contributed by atoms with Crippen molar-refractivity contribution in [2.75, 3.05) is 33.7 Å². The molecule has 0 heterocycles. The van der Waals surface area contributed by atoms with Crippen molar-refractivity contribution < 1.29 is 4.79 Å². The predicted octanol–water partition coefficient (Wildman–Crippen LogP) is 1.83. The van der Waals surface area contributed by atoms with E-state index in [-0.39, 0.29) is 11.3 Å². The second-order valence-corrected chi connectivity index (χ2v) is 5.29. The van der Waals surface area contributed by atoms with Gasteiger partial charge in [0.05, 0.1) is 0 Å². The summed E-state index contributed by atoms with van der Waals surface area (Å²) in [6, 6.07) is 0. The number of hydrogen-bond donors (Lipinski definition) is 0. The average molecular weight is 214 g/mol. The SMILES string of the molecule is CCN(CCCN(C)C)C(=O)C(C)(C)C. The van der Waals surface area contributed by atoms with Gasteiger partial charge in [-0.15, -0.1) is 0 Å². The van der Waals surface area contributed by atoms with Crippen LogP contribution in [0.15, 0.2) is 0 Å². The predicted molar refractivity (Wildman–Crippen MR) is 64.9 cm³/mol. The zero-order valence-corrected chi connectivity index (χ0v) is 11.1. The Morgan fingerprint density at radius 1 is 1.13 bits per heavy atom. The van der Waals surface area contributed by atoms with Gasteiger partial charge in [-0.2, -0.15) is 0 Å². The number of carbonyl (C=O) groups is 1. The topological polar surface area (TPSA) is 23.6 Å². The Kier molecular flexibility index (Phi) is 5.88. The van der Waals surface area contributed by atoms with Crippen molar-refractivity contribution in [3.63, 3.8) is 0 Å². The summed E-state index contributed by atoms with van der Waals surface area (Å²) in [7, 11) is 4.11. The van der Waals surface area contributed by atoms with E-state index in [0.29, 0.717) is 0 Å². The third-order valence-corrected chi connectivity index (χ3v) is 2.34. The standard InChI is InChI=1S/C12H26N2O/c1-7-14(10-8-9-13(5)6)11(15)12(2,3)4/h7-10H2,1-6H3. The van der Waals surface area contributed by atoms with E-state index in [1.54, 1.807) is 0 Å². The fourth-order valence-electron chi connectivity index (χ4n) is 1.46. The van der Waals surface area contributed by atoms with E-state index in [9.17, 15) is 4.79 Å². The van der Waals surface area contributed by atoms with Gasteiger partial charge in [-0.3, -0.25) is 4.79 Å². The molecule has 0 atom stereocenters. The molecule has 0 bridgehead atoms. The van der Waals surface area contributed by atoms with Crippen LogP contribution in [0.4, 0.5) is 0 Å². The quantitative estimate of drug-likeness (QED) is 0.697. The Morgan fingerprint density at radius 2 is 1.67 bits per heavy atom. The molecule has 0 aromatic rings. The van der Waals surface area contributed by atoms with E-state index >= 15 is 0 Å². The van der Waals surface area contributed by atoms with Crippen molar-refractivity contribution in [3.05, 3.63) is 0 Å². The minimum atomic E-state index is -0.256. The van der Waals surface area contributed by atoms with Crippen LogP contribution in [0.25, 0.3) is 0 Å². The summed E-state index contributed by atoms with van der Waals surface area (Å²) < 4.78 is 0. The molecule has 0 unspecified atom stereocenters. The summed E-state index contributed by atoms with van der Waals surface area (Å²) in [5.41, 5.74) is -0.256. The van der Waals surface area contributed by atoms with Gasteiger partial charge >= 0.3 is 0 Å². The van der Waals surface area contributed by atoms with Crippen LogP contribution in [-0.4, -0.2) is 49.4 Å². The van der Waals surface area contributed by atoms with Crippen molar-refractivity contribution in [1.82, 2.24) is 9.80 Å². The fraction of sp³-hybridized carbons (Fsp3) is 0.917. The molecular formula is C12H26N2O. The zero-order chi connectivity index (χ0) is 12.1. The molecule has 3 heteroatoms. The first-order chi connectivity index (χ1) is 6.79. The van der Waals surface area contributed by atoms with E-state index in [1.807, 2.05) is 32.6 Å². The molecule has 0 aliphatic rings. The summed E-state index contributed by atoms with van der Waals surface area (Å²) >= 11 is 0. The highest BCUT2D eigenvalue weighted by molar-refractivity contribution is 5.81. The summed E-state index contributed by atoms with van der Waals surface area (Å²) in [6.45, 7) is 10.7. The lowest BCUT2D eigenvalue weighted by molar-refractivity contribution is -0.139. The number of hydrogen-bond acceptors (Lipinski definition) is 2. The van der Waals surface area contributed by atoms with Crippen LogP contribution in [0.5, 0.6) is 0 Å². The lowest BCUT2D eigenvalue weighted by atomic mass is 9.94. The second kappa shape index (κ2) is 6.11. The van der Waals surface area contributed by atoms with E-state index in [2.05, 4.69) is 19.0 Å². The molecule has 0 saturated heterocycles. The van der Waals surface area contributed by atoms with Crippen LogP contribution >= 0.6 is 0 Å². The molecule has 90 valence electrons. The van der Waals surface area contributed by atoms with Gasteiger partial charge in [-0.05, 0) is 34.0 Å². The summed E-state index contributed by atoms with van der Waals surface area (Å²) in [5, 5.41) is 0. The lowest BCUT2D eigenvalue weighted by Crippen LogP contribution is -2.40. The molecule has 3 nitrogen and oxygen atoms in total. The van der Waals surface area contributed by atoms with E-state index in [0.717, 1.165) is 26.1 Å². The van der Waals surface area contributed by atoms with Gasteiger partial charge in [0.1, 0.15) is 0 Å². The van der Waals surface area contributed by atoms with Gasteiger partial charge in [0, 0.05) is 18.5 Å². The second-order valence-electron chi connectivity index (χ2n) is 5.29.